The molecule has 25 heavy (non-hydrogen) atoms. The zero-order valence-corrected chi connectivity index (χ0v) is 14.8. The molecule has 4 rings (SSSR count). The van der Waals surface area contributed by atoms with Crippen molar-refractivity contribution >= 4 is 5.91 Å². The zero-order chi connectivity index (χ0) is 17.6. The van der Waals surface area contributed by atoms with Gasteiger partial charge in [-0.3, -0.25) is 4.79 Å². The Morgan fingerprint density at radius 2 is 1.80 bits per heavy atom. The molecular weight excluding hydrogens is 318 g/mol. The molecule has 1 aromatic carbocycles. The fourth-order valence-corrected chi connectivity index (χ4v) is 3.32. The van der Waals surface area contributed by atoms with E-state index in [0.717, 1.165) is 11.5 Å². The van der Waals surface area contributed by atoms with Gasteiger partial charge in [-0.15, -0.1) is 0 Å². The zero-order valence-electron chi connectivity index (χ0n) is 14.8. The minimum Gasteiger partial charge on any atom is -0.482 e. The van der Waals surface area contributed by atoms with Crippen molar-refractivity contribution in [2.45, 2.75) is 44.9 Å². The van der Waals surface area contributed by atoms with Crippen molar-refractivity contribution in [3.05, 3.63) is 47.9 Å². The minimum absolute atomic E-state index is 0.111. The highest BCUT2D eigenvalue weighted by Crippen LogP contribution is 2.47. The first-order valence-electron chi connectivity index (χ1n) is 8.79. The summed E-state index contributed by atoms with van der Waals surface area (Å²) in [6.45, 7) is 4.50. The van der Waals surface area contributed by atoms with Gasteiger partial charge in [-0.1, -0.05) is 19.1 Å². The molecular formula is C20H23NO4. The first-order chi connectivity index (χ1) is 12.0. The van der Waals surface area contributed by atoms with Crippen LogP contribution in [0.25, 0.3) is 0 Å². The average molecular weight is 341 g/mol. The van der Waals surface area contributed by atoms with Gasteiger partial charge in [0.1, 0.15) is 17.6 Å². The maximum Gasteiger partial charge on any atom is 0.267 e. The van der Waals surface area contributed by atoms with Gasteiger partial charge >= 0.3 is 0 Å². The Kier molecular flexibility index (Phi) is 3.94. The van der Waals surface area contributed by atoms with Crippen LogP contribution in [-0.2, 0) is 11.3 Å². The van der Waals surface area contributed by atoms with Crippen molar-refractivity contribution in [1.82, 2.24) is 4.90 Å². The van der Waals surface area contributed by atoms with E-state index in [2.05, 4.69) is 6.92 Å². The van der Waals surface area contributed by atoms with Crippen LogP contribution in [0.1, 0.15) is 37.7 Å². The summed E-state index contributed by atoms with van der Waals surface area (Å²) in [6.07, 6.45) is 0.188. The van der Waals surface area contributed by atoms with Crippen molar-refractivity contribution in [1.29, 1.82) is 0 Å². The second-order valence-corrected chi connectivity index (χ2v) is 7.13. The molecule has 2 heterocycles. The number of para-hydroxylation sites is 2. The highest BCUT2D eigenvalue weighted by Gasteiger charge is 2.38. The van der Waals surface area contributed by atoms with Crippen LogP contribution in [0.15, 0.2) is 40.8 Å². The molecule has 1 aromatic heterocycles. The molecule has 1 aliphatic carbocycles. The summed E-state index contributed by atoms with van der Waals surface area (Å²) in [6, 6.07) is 11.4. The average Bonchev–Trinajstić information content (AvgIpc) is 3.15. The number of carbonyl (C=O) groups excluding carboxylic acids is 1. The Morgan fingerprint density at radius 1 is 1.12 bits per heavy atom. The summed E-state index contributed by atoms with van der Waals surface area (Å²) in [7, 11) is 1.76. The van der Waals surface area contributed by atoms with E-state index in [1.807, 2.05) is 43.3 Å². The quantitative estimate of drug-likeness (QED) is 0.853. The van der Waals surface area contributed by atoms with Crippen LogP contribution in [0.3, 0.4) is 0 Å². The lowest BCUT2D eigenvalue weighted by atomic mass is 10.1. The largest absolute Gasteiger partial charge is 0.482 e. The number of likely N-dealkylation sites (N-methyl/N-ethyl adjacent to an activating group) is 1. The number of hydrogen-bond acceptors (Lipinski definition) is 4. The smallest absolute Gasteiger partial charge is 0.267 e. The third-order valence-corrected chi connectivity index (χ3v) is 5.01. The third kappa shape index (κ3) is 3.11. The maximum atomic E-state index is 12.8. The van der Waals surface area contributed by atoms with E-state index in [9.17, 15) is 4.79 Å². The second kappa shape index (κ2) is 6.14. The van der Waals surface area contributed by atoms with Crippen molar-refractivity contribution in [2.24, 2.45) is 5.92 Å². The Morgan fingerprint density at radius 3 is 2.48 bits per heavy atom. The number of fused-ring (bicyclic) bond motifs is 1. The van der Waals surface area contributed by atoms with Crippen LogP contribution in [0, 0.1) is 5.92 Å². The van der Waals surface area contributed by atoms with E-state index in [1.54, 1.807) is 11.9 Å². The predicted octanol–water partition coefficient (Wildman–Crippen LogP) is 3.59. The summed E-state index contributed by atoms with van der Waals surface area (Å²) in [5, 5.41) is 0. The van der Waals surface area contributed by atoms with Gasteiger partial charge in [-0.05, 0) is 43.5 Å². The van der Waals surface area contributed by atoms with Gasteiger partial charge in [-0.2, -0.15) is 0 Å². The number of benzene rings is 1. The minimum atomic E-state index is -0.655. The van der Waals surface area contributed by atoms with Crippen LogP contribution in [0.4, 0.5) is 0 Å². The molecule has 2 aliphatic rings. The molecule has 0 radical (unpaired) electrons. The van der Waals surface area contributed by atoms with E-state index in [1.165, 1.54) is 6.42 Å². The van der Waals surface area contributed by atoms with Crippen molar-refractivity contribution < 1.29 is 18.7 Å². The highest BCUT2D eigenvalue weighted by molar-refractivity contribution is 5.82. The normalized spacial score (nSPS) is 27.0. The van der Waals surface area contributed by atoms with Crippen molar-refractivity contribution in [3.63, 3.8) is 0 Å². The molecule has 0 unspecified atom stereocenters. The standard InChI is InChI=1S/C20H23NO4/c1-12-10-15(12)16-9-8-14(24-16)11-21(3)20(22)19-13(2)23-17-6-4-5-7-18(17)25-19/h4-9,12-13,15,19H,10-11H2,1-3H3/t12-,13-,15+,19+/m1/s1. The lowest BCUT2D eigenvalue weighted by Crippen LogP contribution is -2.49. The maximum absolute atomic E-state index is 12.8. The van der Waals surface area contributed by atoms with E-state index < -0.39 is 6.10 Å². The van der Waals surface area contributed by atoms with Crippen molar-refractivity contribution in [3.8, 4) is 11.5 Å². The first-order valence-corrected chi connectivity index (χ1v) is 8.79. The van der Waals surface area contributed by atoms with Gasteiger partial charge in [0.2, 0.25) is 6.10 Å². The molecule has 0 spiro atoms. The van der Waals surface area contributed by atoms with Crippen LogP contribution >= 0.6 is 0 Å². The lowest BCUT2D eigenvalue weighted by Gasteiger charge is -2.33. The highest BCUT2D eigenvalue weighted by atomic mass is 16.6. The third-order valence-electron chi connectivity index (χ3n) is 5.01. The molecule has 1 aliphatic heterocycles. The van der Waals surface area contributed by atoms with Gasteiger partial charge < -0.3 is 18.8 Å². The molecule has 0 saturated heterocycles. The molecule has 5 nitrogen and oxygen atoms in total. The molecule has 2 aromatic rings. The van der Waals surface area contributed by atoms with Crippen LogP contribution in [0.5, 0.6) is 11.5 Å². The second-order valence-electron chi connectivity index (χ2n) is 7.13. The van der Waals surface area contributed by atoms with Gasteiger partial charge in [0, 0.05) is 13.0 Å². The predicted molar refractivity (Wildman–Crippen MR) is 92.7 cm³/mol. The van der Waals surface area contributed by atoms with E-state index in [-0.39, 0.29) is 12.0 Å². The topological polar surface area (TPSA) is 51.9 Å². The summed E-state index contributed by atoms with van der Waals surface area (Å²) in [5.41, 5.74) is 0. The molecule has 0 N–H and O–H groups in total. The number of amides is 1. The molecule has 4 atom stereocenters. The Labute approximate surface area is 147 Å². The fourth-order valence-electron chi connectivity index (χ4n) is 3.32. The summed E-state index contributed by atoms with van der Waals surface area (Å²) in [4.78, 5) is 14.4. The Balaban J connectivity index is 1.42. The summed E-state index contributed by atoms with van der Waals surface area (Å²) < 4.78 is 17.6. The van der Waals surface area contributed by atoms with Gasteiger partial charge in [-0.25, -0.2) is 0 Å². The van der Waals surface area contributed by atoms with Gasteiger partial charge in [0.15, 0.2) is 11.5 Å². The molecule has 132 valence electrons. The number of rotatable bonds is 4. The summed E-state index contributed by atoms with van der Waals surface area (Å²) >= 11 is 0. The van der Waals surface area contributed by atoms with Crippen LogP contribution in [-0.4, -0.2) is 30.1 Å². The molecule has 1 amide bonds. The molecule has 0 bridgehead atoms. The van der Waals surface area contributed by atoms with E-state index in [4.69, 9.17) is 13.9 Å². The fraction of sp³-hybridized carbons (Fsp3) is 0.450. The van der Waals surface area contributed by atoms with E-state index in [0.29, 0.717) is 29.9 Å². The van der Waals surface area contributed by atoms with Gasteiger partial charge in [0.25, 0.3) is 5.91 Å². The van der Waals surface area contributed by atoms with Crippen molar-refractivity contribution in [2.75, 3.05) is 7.05 Å². The first kappa shape index (κ1) is 16.1. The van der Waals surface area contributed by atoms with Gasteiger partial charge in [0.05, 0.1) is 6.54 Å². The SMILES string of the molecule is C[C@@H]1C[C@@H]1c1ccc(CN(C)C(=O)[C@H]2Oc3ccccc3O[C@@H]2C)o1. The lowest BCUT2D eigenvalue weighted by molar-refractivity contribution is -0.143. The number of carbonyl (C=O) groups is 1. The van der Waals surface area contributed by atoms with E-state index >= 15 is 0 Å². The number of furan rings is 1. The molecule has 1 fully saturated rings. The number of nitrogens with zero attached hydrogens (tertiary/aromatic N) is 1. The number of ether oxygens (including phenoxy) is 2. The molecule has 1 saturated carbocycles. The van der Waals surface area contributed by atoms with Crippen LogP contribution < -0.4 is 9.47 Å². The monoisotopic (exact) mass is 341 g/mol. The molecule has 5 heteroatoms. The Bertz CT molecular complexity index is 784. The summed E-state index contributed by atoms with van der Waals surface area (Å²) in [5.74, 6) is 4.25. The Hall–Kier alpha value is -2.43. The number of hydrogen-bond donors (Lipinski definition) is 0. The van der Waals surface area contributed by atoms with Crippen LogP contribution in [0.2, 0.25) is 0 Å².